The second kappa shape index (κ2) is 18.0. The summed E-state index contributed by atoms with van der Waals surface area (Å²) in [5.41, 5.74) is 3.78. The zero-order chi connectivity index (χ0) is 33.8. The highest BCUT2D eigenvalue weighted by molar-refractivity contribution is 6.76. The summed E-state index contributed by atoms with van der Waals surface area (Å²) in [6.45, 7) is 1.13. The average Bonchev–Trinajstić information content (AvgIpc) is 3.11. The van der Waals surface area contributed by atoms with E-state index in [0.29, 0.717) is 12.4 Å². The molecule has 0 aromatic heterocycles. The Morgan fingerprint density at radius 3 is 1.58 bits per heavy atom. The first-order valence-corrected chi connectivity index (χ1v) is 16.6. The van der Waals surface area contributed by atoms with E-state index in [9.17, 15) is 0 Å². The van der Waals surface area contributed by atoms with E-state index in [-0.39, 0.29) is 26.4 Å². The number of rotatable bonds is 15. The molecule has 254 valence electrons. The van der Waals surface area contributed by atoms with Crippen molar-refractivity contribution in [3.05, 3.63) is 138 Å². The topological polar surface area (TPSA) is 88.5 Å². The zero-order valence-corrected chi connectivity index (χ0v) is 28.7. The van der Waals surface area contributed by atoms with E-state index < -0.39 is 40.4 Å². The smallest absolute Gasteiger partial charge is 0.265 e. The minimum atomic E-state index is -2.13. The Labute approximate surface area is 296 Å². The second-order valence-corrected chi connectivity index (χ2v) is 13.4. The predicted molar refractivity (Wildman–Crippen MR) is 185 cm³/mol. The molecule has 0 unspecified atom stereocenters. The molecule has 11 heteroatoms. The van der Waals surface area contributed by atoms with Gasteiger partial charge in [-0.25, -0.2) is 0 Å². The van der Waals surface area contributed by atoms with Crippen LogP contribution in [0, 0.1) is 5.41 Å². The minimum Gasteiger partial charge on any atom is -0.497 e. The molecule has 1 N–H and O–H groups in total. The van der Waals surface area contributed by atoms with Crippen LogP contribution in [0.2, 0.25) is 0 Å². The summed E-state index contributed by atoms with van der Waals surface area (Å²) < 4.78 is 41.5. The Bertz CT molecular complexity index is 1530. The van der Waals surface area contributed by atoms with Gasteiger partial charge in [-0.15, -0.1) is 0 Å². The number of ether oxygens (including phenoxy) is 7. The van der Waals surface area contributed by atoms with Crippen molar-refractivity contribution in [2.75, 3.05) is 13.7 Å². The third-order valence-electron chi connectivity index (χ3n) is 7.65. The third-order valence-corrected chi connectivity index (χ3v) is 8.16. The van der Waals surface area contributed by atoms with Gasteiger partial charge in [-0.05, 0) is 34.4 Å². The molecule has 8 nitrogen and oxygen atoms in total. The highest BCUT2D eigenvalue weighted by Crippen LogP contribution is 2.35. The molecule has 5 rings (SSSR count). The van der Waals surface area contributed by atoms with Crippen LogP contribution in [-0.4, -0.2) is 54.1 Å². The van der Waals surface area contributed by atoms with Gasteiger partial charge in [0.15, 0.2) is 0 Å². The summed E-state index contributed by atoms with van der Waals surface area (Å²) in [5.74, 6) is 0.0961. The maximum absolute atomic E-state index is 8.40. The Morgan fingerprint density at radius 1 is 0.625 bits per heavy atom. The van der Waals surface area contributed by atoms with Crippen LogP contribution in [0.15, 0.2) is 115 Å². The normalized spacial score (nSPS) is 21.0. The number of methoxy groups -OCH3 is 1. The molecular weight excluding hydrogens is 677 g/mol. The van der Waals surface area contributed by atoms with Gasteiger partial charge in [-0.3, -0.25) is 5.41 Å². The van der Waals surface area contributed by atoms with Crippen molar-refractivity contribution in [3.63, 3.8) is 0 Å². The number of nitrogens with one attached hydrogen (secondary N) is 1. The first kappa shape index (κ1) is 36.1. The van der Waals surface area contributed by atoms with Crippen molar-refractivity contribution in [2.45, 2.75) is 60.9 Å². The van der Waals surface area contributed by atoms with Crippen molar-refractivity contribution >= 4 is 40.7 Å². The molecule has 1 heterocycles. The van der Waals surface area contributed by atoms with Crippen molar-refractivity contribution in [1.82, 2.24) is 0 Å². The van der Waals surface area contributed by atoms with Gasteiger partial charge >= 0.3 is 0 Å². The van der Waals surface area contributed by atoms with Gasteiger partial charge in [0.25, 0.3) is 3.79 Å². The van der Waals surface area contributed by atoms with Crippen molar-refractivity contribution < 1.29 is 33.2 Å². The molecule has 0 bridgehead atoms. The second-order valence-electron chi connectivity index (χ2n) is 11.1. The molecule has 0 spiro atoms. The van der Waals surface area contributed by atoms with Gasteiger partial charge in [-0.1, -0.05) is 138 Å². The lowest BCUT2D eigenvalue weighted by molar-refractivity contribution is -0.313. The van der Waals surface area contributed by atoms with Crippen molar-refractivity contribution in [3.8, 4) is 5.75 Å². The van der Waals surface area contributed by atoms with Gasteiger partial charge in [-0.2, -0.15) is 0 Å². The summed E-state index contributed by atoms with van der Waals surface area (Å²) in [7, 11) is 1.61. The molecule has 1 aliphatic heterocycles. The summed E-state index contributed by atoms with van der Waals surface area (Å²) >= 11 is 18.2. The standard InChI is InChI=1S/C37H38Cl3NO7/c1-42-30-19-17-29(18-20-30)24-46-34-33(45-23-28-15-9-4-10-16-28)32(44-22-27-13-7-3-8-14-27)31(25-43-21-26-11-5-2-6-12-26)47-35(34)48-36(41)37(38,39)40/h2-20,31-35,41H,21-25H2,1H3/t31-,32-,33+,34-,35-/m1/s1. The van der Waals surface area contributed by atoms with Crippen LogP contribution < -0.4 is 4.74 Å². The summed E-state index contributed by atoms with van der Waals surface area (Å²) in [6.07, 6.45) is -4.30. The Kier molecular flexibility index (Phi) is 13.5. The maximum atomic E-state index is 8.40. The van der Waals surface area contributed by atoms with Gasteiger partial charge in [0.05, 0.1) is 40.1 Å². The van der Waals surface area contributed by atoms with Crippen LogP contribution in [-0.2, 0) is 54.8 Å². The Hall–Kier alpha value is -3.18. The fourth-order valence-electron chi connectivity index (χ4n) is 5.17. The molecule has 0 aliphatic carbocycles. The monoisotopic (exact) mass is 713 g/mol. The first-order valence-electron chi connectivity index (χ1n) is 15.5. The first-order chi connectivity index (χ1) is 23.3. The molecule has 1 fully saturated rings. The lowest BCUT2D eigenvalue weighted by Gasteiger charge is -2.46. The van der Waals surface area contributed by atoms with E-state index in [1.165, 1.54) is 0 Å². The predicted octanol–water partition coefficient (Wildman–Crippen LogP) is 8.06. The molecule has 5 atom stereocenters. The molecular formula is C37H38Cl3NO7. The number of hydrogen-bond donors (Lipinski definition) is 1. The quantitative estimate of drug-likeness (QED) is 0.0758. The van der Waals surface area contributed by atoms with E-state index in [0.717, 1.165) is 22.3 Å². The average molecular weight is 715 g/mol. The highest BCUT2D eigenvalue weighted by atomic mass is 35.6. The van der Waals surface area contributed by atoms with Gasteiger partial charge < -0.3 is 33.2 Å². The van der Waals surface area contributed by atoms with Crippen LogP contribution in [0.1, 0.15) is 22.3 Å². The Morgan fingerprint density at radius 2 is 1.08 bits per heavy atom. The molecule has 1 aliphatic rings. The molecule has 48 heavy (non-hydrogen) atoms. The van der Waals surface area contributed by atoms with E-state index in [4.69, 9.17) is 73.4 Å². The lowest BCUT2D eigenvalue weighted by Crippen LogP contribution is -2.62. The van der Waals surface area contributed by atoms with Crippen LogP contribution in [0.3, 0.4) is 0 Å². The van der Waals surface area contributed by atoms with Gasteiger partial charge in [0, 0.05) is 0 Å². The largest absolute Gasteiger partial charge is 0.497 e. The van der Waals surface area contributed by atoms with Crippen LogP contribution >= 0.6 is 34.8 Å². The van der Waals surface area contributed by atoms with Crippen LogP contribution in [0.5, 0.6) is 5.75 Å². The molecule has 4 aromatic carbocycles. The summed E-state index contributed by atoms with van der Waals surface area (Å²) in [4.78, 5) is 0. The fraction of sp³-hybridized carbons (Fsp3) is 0.324. The molecule has 0 amide bonds. The molecule has 0 saturated carbocycles. The van der Waals surface area contributed by atoms with E-state index in [1.807, 2.05) is 115 Å². The van der Waals surface area contributed by atoms with Crippen LogP contribution in [0.25, 0.3) is 0 Å². The molecule has 0 radical (unpaired) electrons. The van der Waals surface area contributed by atoms with Crippen molar-refractivity contribution in [1.29, 1.82) is 5.41 Å². The molecule has 1 saturated heterocycles. The van der Waals surface area contributed by atoms with Gasteiger partial charge in [0.1, 0.15) is 30.2 Å². The van der Waals surface area contributed by atoms with E-state index >= 15 is 0 Å². The number of benzene rings is 4. The summed E-state index contributed by atoms with van der Waals surface area (Å²) in [6, 6.07) is 36.9. The van der Waals surface area contributed by atoms with Gasteiger partial charge in [0.2, 0.25) is 12.2 Å². The summed E-state index contributed by atoms with van der Waals surface area (Å²) in [5, 5.41) is 8.40. The zero-order valence-electron chi connectivity index (χ0n) is 26.4. The fourth-order valence-corrected chi connectivity index (χ4v) is 5.31. The number of halogens is 3. The van der Waals surface area contributed by atoms with Crippen molar-refractivity contribution in [2.24, 2.45) is 0 Å². The van der Waals surface area contributed by atoms with E-state index in [1.54, 1.807) is 7.11 Å². The maximum Gasteiger partial charge on any atom is 0.265 e. The number of hydrogen-bond acceptors (Lipinski definition) is 8. The van der Waals surface area contributed by atoms with Crippen LogP contribution in [0.4, 0.5) is 0 Å². The lowest BCUT2D eigenvalue weighted by atomic mass is 9.97. The highest BCUT2D eigenvalue weighted by Gasteiger charge is 2.51. The third kappa shape index (κ3) is 10.7. The Balaban J connectivity index is 1.46. The van der Waals surface area contributed by atoms with E-state index in [2.05, 4.69) is 0 Å². The molecule has 4 aromatic rings. The minimum absolute atomic E-state index is 0.117. The SMILES string of the molecule is COc1ccc(CO[C@H]2[C@@H](OC(=N)C(Cl)(Cl)Cl)O[C@H](COCc3ccccc3)[C@@H](OCc3ccccc3)[C@@H]2OCc2ccccc2)cc1. The number of alkyl halides is 3.